The van der Waals surface area contributed by atoms with E-state index < -0.39 is 17.4 Å². The van der Waals surface area contributed by atoms with Crippen molar-refractivity contribution in [2.45, 2.75) is 5.54 Å². The summed E-state index contributed by atoms with van der Waals surface area (Å²) >= 11 is 0. The Kier molecular flexibility index (Phi) is 7.07. The second-order valence-corrected chi connectivity index (χ2v) is 9.77. The molecule has 7 heteroatoms. The summed E-state index contributed by atoms with van der Waals surface area (Å²) in [6.45, 7) is 0. The lowest BCUT2D eigenvalue weighted by Gasteiger charge is -2.37. The van der Waals surface area contributed by atoms with Gasteiger partial charge < -0.3 is 5.11 Å². The number of fused-ring (bicyclic) bond motifs is 1. The van der Waals surface area contributed by atoms with Crippen molar-refractivity contribution in [1.82, 2.24) is 9.78 Å². The van der Waals surface area contributed by atoms with Crippen LogP contribution < -0.4 is 5.32 Å². The van der Waals surface area contributed by atoms with Crippen LogP contribution in [-0.2, 0) is 5.54 Å². The van der Waals surface area contributed by atoms with Crippen LogP contribution in [-0.4, -0.2) is 21.0 Å². The molecule has 0 fully saturated rings. The number of nitrogens with zero attached hydrogens (tertiary/aromatic N) is 2. The molecule has 0 aliphatic heterocycles. The molecule has 0 radical (unpaired) electrons. The number of aromatic nitrogens is 2. The van der Waals surface area contributed by atoms with E-state index in [4.69, 9.17) is 5.10 Å². The molecule has 0 saturated carbocycles. The quantitative estimate of drug-likeness (QED) is 0.194. The number of benzene rings is 5. The second-order valence-electron chi connectivity index (χ2n) is 9.77. The van der Waals surface area contributed by atoms with E-state index in [2.05, 4.69) is 5.32 Å². The van der Waals surface area contributed by atoms with Crippen molar-refractivity contribution in [3.8, 4) is 0 Å². The number of anilines is 1. The Bertz CT molecular complexity index is 1810. The summed E-state index contributed by atoms with van der Waals surface area (Å²) in [5.74, 6) is -1.12. The van der Waals surface area contributed by atoms with E-state index in [1.165, 1.54) is 24.3 Å². The molecule has 1 heterocycles. The Morgan fingerprint density at radius 3 is 1.83 bits per heavy atom. The van der Waals surface area contributed by atoms with Crippen molar-refractivity contribution in [3.05, 3.63) is 167 Å². The minimum atomic E-state index is -1.38. The summed E-state index contributed by atoms with van der Waals surface area (Å²) in [6.07, 6.45) is 2.06. The zero-order valence-electron chi connectivity index (χ0n) is 22.3. The molecule has 1 amide bonds. The third-order valence-electron chi connectivity index (χ3n) is 7.21. The van der Waals surface area contributed by atoms with Gasteiger partial charge in [-0.15, -0.1) is 0 Å². The SMILES string of the molecule is O=C(O)Nc1cc2c(/C=C/c3cccc(F)c3)nn(C(c3ccccc3)(c3ccccc3)c3ccccc3)c2cc1F. The van der Waals surface area contributed by atoms with Crippen molar-refractivity contribution >= 4 is 34.8 Å². The predicted octanol–water partition coefficient (Wildman–Crippen LogP) is 8.42. The fourth-order valence-corrected chi connectivity index (χ4v) is 5.44. The fourth-order valence-electron chi connectivity index (χ4n) is 5.44. The second kappa shape index (κ2) is 11.1. The highest BCUT2D eigenvalue weighted by Gasteiger charge is 2.41. The lowest BCUT2D eigenvalue weighted by atomic mass is 9.77. The van der Waals surface area contributed by atoms with Crippen LogP contribution in [0.15, 0.2) is 127 Å². The topological polar surface area (TPSA) is 67.2 Å². The van der Waals surface area contributed by atoms with Gasteiger partial charge >= 0.3 is 6.09 Å². The molecule has 0 saturated heterocycles. The third kappa shape index (κ3) is 4.81. The molecule has 0 atom stereocenters. The summed E-state index contributed by atoms with van der Waals surface area (Å²) in [7, 11) is 0. The lowest BCUT2D eigenvalue weighted by molar-refractivity contribution is 0.209. The van der Waals surface area contributed by atoms with Gasteiger partial charge in [0.25, 0.3) is 0 Å². The van der Waals surface area contributed by atoms with Gasteiger partial charge in [-0.25, -0.2) is 18.3 Å². The molecule has 1 aromatic heterocycles. The maximum Gasteiger partial charge on any atom is 0.409 e. The maximum atomic E-state index is 15.5. The average molecular weight is 558 g/mol. The molecule has 206 valence electrons. The van der Waals surface area contributed by atoms with Gasteiger partial charge in [0.05, 0.1) is 16.9 Å². The molecule has 5 nitrogen and oxygen atoms in total. The van der Waals surface area contributed by atoms with Crippen LogP contribution in [0.3, 0.4) is 0 Å². The number of amides is 1. The van der Waals surface area contributed by atoms with Crippen LogP contribution in [0.5, 0.6) is 0 Å². The summed E-state index contributed by atoms with van der Waals surface area (Å²) < 4.78 is 31.3. The summed E-state index contributed by atoms with van der Waals surface area (Å²) in [6, 6.07) is 38.4. The molecule has 0 aliphatic carbocycles. The van der Waals surface area contributed by atoms with E-state index in [-0.39, 0.29) is 11.5 Å². The van der Waals surface area contributed by atoms with Crippen LogP contribution >= 0.6 is 0 Å². The van der Waals surface area contributed by atoms with Crippen molar-refractivity contribution in [3.63, 3.8) is 0 Å². The number of rotatable bonds is 7. The standard InChI is InChI=1S/C35H25F2N3O2/c36-28-18-10-11-24(21-28)19-20-31-29-22-32(38-34(41)42)30(37)23-33(29)40(39-31)35(25-12-4-1-5-13-25,26-14-6-2-7-15-26)27-16-8-3-9-17-27/h1-23,38H,(H,41,42)/b20-19+. The monoisotopic (exact) mass is 557 g/mol. The van der Waals surface area contributed by atoms with Gasteiger partial charge in [0.2, 0.25) is 0 Å². The van der Waals surface area contributed by atoms with E-state index in [0.717, 1.165) is 16.7 Å². The van der Waals surface area contributed by atoms with E-state index in [0.29, 0.717) is 22.2 Å². The van der Waals surface area contributed by atoms with Crippen LogP contribution in [0.25, 0.3) is 23.1 Å². The number of halogens is 2. The first-order chi connectivity index (χ1) is 20.5. The van der Waals surface area contributed by atoms with Crippen molar-refractivity contribution in [2.24, 2.45) is 0 Å². The van der Waals surface area contributed by atoms with Gasteiger partial charge in [-0.2, -0.15) is 5.10 Å². The van der Waals surface area contributed by atoms with E-state index in [1.807, 2.05) is 91.0 Å². The molecule has 2 N–H and O–H groups in total. The Balaban J connectivity index is 1.72. The highest BCUT2D eigenvalue weighted by atomic mass is 19.1. The number of hydrogen-bond donors (Lipinski definition) is 2. The third-order valence-corrected chi connectivity index (χ3v) is 7.21. The van der Waals surface area contributed by atoms with Gasteiger partial charge in [0, 0.05) is 11.5 Å². The Morgan fingerprint density at radius 2 is 1.31 bits per heavy atom. The van der Waals surface area contributed by atoms with Gasteiger partial charge in [-0.3, -0.25) is 5.32 Å². The Hall–Kier alpha value is -5.56. The minimum Gasteiger partial charge on any atom is -0.465 e. The van der Waals surface area contributed by atoms with Crippen molar-refractivity contribution in [2.75, 3.05) is 5.32 Å². The molecule has 0 bridgehead atoms. The molecule has 42 heavy (non-hydrogen) atoms. The lowest BCUT2D eigenvalue weighted by Crippen LogP contribution is -2.38. The molecular weight excluding hydrogens is 532 g/mol. The van der Waals surface area contributed by atoms with Gasteiger partial charge in [-0.05, 0) is 46.5 Å². The summed E-state index contributed by atoms with van der Waals surface area (Å²) in [4.78, 5) is 11.5. The summed E-state index contributed by atoms with van der Waals surface area (Å²) in [5, 5.41) is 17.1. The minimum absolute atomic E-state index is 0.195. The van der Waals surface area contributed by atoms with Crippen LogP contribution in [0.4, 0.5) is 19.3 Å². The molecule has 6 rings (SSSR count). The van der Waals surface area contributed by atoms with Gasteiger partial charge in [0.1, 0.15) is 17.2 Å². The van der Waals surface area contributed by atoms with E-state index >= 15 is 4.39 Å². The first kappa shape index (κ1) is 26.7. The Labute approximate surface area is 241 Å². The zero-order valence-corrected chi connectivity index (χ0v) is 22.3. The number of carbonyl (C=O) groups is 1. The molecule has 0 aliphatic rings. The van der Waals surface area contributed by atoms with Crippen molar-refractivity contribution < 1.29 is 18.7 Å². The molecule has 5 aromatic carbocycles. The molecule has 0 spiro atoms. The van der Waals surface area contributed by atoms with Crippen LogP contribution in [0.1, 0.15) is 27.9 Å². The molecular formula is C35H25F2N3O2. The van der Waals surface area contributed by atoms with Crippen LogP contribution in [0.2, 0.25) is 0 Å². The van der Waals surface area contributed by atoms with Crippen LogP contribution in [0, 0.1) is 11.6 Å². The zero-order chi connectivity index (χ0) is 29.1. The predicted molar refractivity (Wildman–Crippen MR) is 161 cm³/mol. The average Bonchev–Trinajstić information content (AvgIpc) is 3.35. The largest absolute Gasteiger partial charge is 0.465 e. The maximum absolute atomic E-state index is 15.5. The Morgan fingerprint density at radius 1 is 0.738 bits per heavy atom. The van der Waals surface area contributed by atoms with E-state index in [9.17, 15) is 14.3 Å². The van der Waals surface area contributed by atoms with Gasteiger partial charge in [0.15, 0.2) is 0 Å². The number of nitrogens with one attached hydrogen (secondary N) is 1. The highest BCUT2D eigenvalue weighted by molar-refractivity contribution is 5.95. The van der Waals surface area contributed by atoms with Crippen molar-refractivity contribution in [1.29, 1.82) is 0 Å². The fraction of sp³-hybridized carbons (Fsp3) is 0.0286. The first-order valence-corrected chi connectivity index (χ1v) is 13.3. The summed E-state index contributed by atoms with van der Waals surface area (Å²) in [5.41, 5.74) is 2.95. The van der Waals surface area contributed by atoms with Gasteiger partial charge in [-0.1, -0.05) is 109 Å². The van der Waals surface area contributed by atoms with E-state index in [1.54, 1.807) is 29.0 Å². The highest BCUT2D eigenvalue weighted by Crippen LogP contribution is 2.43. The number of carboxylic acid groups (broad SMARTS) is 1. The number of hydrogen-bond acceptors (Lipinski definition) is 2. The molecule has 0 unspecified atom stereocenters. The smallest absolute Gasteiger partial charge is 0.409 e. The molecule has 6 aromatic rings. The normalized spacial score (nSPS) is 11.7. The first-order valence-electron chi connectivity index (χ1n) is 13.3.